The number of nitrogens with zero attached hydrogens (tertiary/aromatic N) is 1. The van der Waals surface area contributed by atoms with Crippen LogP contribution in [-0.2, 0) is 9.59 Å². The molecule has 6 nitrogen and oxygen atoms in total. The molecule has 4 atom stereocenters. The largest absolute Gasteiger partial charge is 0.480 e. The number of aliphatic carboxylic acids is 1. The fourth-order valence-electron chi connectivity index (χ4n) is 2.29. The summed E-state index contributed by atoms with van der Waals surface area (Å²) in [5.74, 6) is -0.861. The van der Waals surface area contributed by atoms with Crippen LogP contribution in [0.15, 0.2) is 0 Å². The van der Waals surface area contributed by atoms with Crippen LogP contribution in [-0.4, -0.2) is 68.4 Å². The maximum atomic E-state index is 12.1. The smallest absolute Gasteiger partial charge is 0.327 e. The average Bonchev–Trinajstić information content (AvgIpc) is 2.45. The van der Waals surface area contributed by atoms with Crippen molar-refractivity contribution in [1.82, 2.24) is 4.90 Å². The van der Waals surface area contributed by atoms with Crippen molar-refractivity contribution in [2.24, 2.45) is 5.92 Å². The van der Waals surface area contributed by atoms with Gasteiger partial charge in [0.05, 0.1) is 12.2 Å². The summed E-state index contributed by atoms with van der Waals surface area (Å²) in [6, 6.07) is -0.920. The predicted molar refractivity (Wildman–Crippen MR) is 97.1 cm³/mol. The molecule has 7 heteroatoms. The van der Waals surface area contributed by atoms with Gasteiger partial charge in [-0.05, 0) is 12.3 Å². The number of amides is 1. The molecular weight excluding hydrogens is 330 g/mol. The Balaban J connectivity index is 4.57. The summed E-state index contributed by atoms with van der Waals surface area (Å²) < 4.78 is 0. The lowest BCUT2D eigenvalue weighted by atomic mass is 10.1. The van der Waals surface area contributed by atoms with Crippen molar-refractivity contribution in [2.75, 3.05) is 12.8 Å². The number of carboxylic acid groups (broad SMARTS) is 1. The van der Waals surface area contributed by atoms with Crippen LogP contribution in [0.2, 0.25) is 0 Å². The highest BCUT2D eigenvalue weighted by atomic mass is 32.2. The third-order valence-electron chi connectivity index (χ3n) is 3.92. The fourth-order valence-corrected chi connectivity index (χ4v) is 3.48. The fraction of sp³-hybridized carbons (Fsp3) is 0.882. The normalized spacial score (nSPS) is 16.5. The van der Waals surface area contributed by atoms with E-state index >= 15 is 0 Å². The lowest BCUT2D eigenvalue weighted by Crippen LogP contribution is -2.45. The molecule has 0 aromatic carbocycles. The lowest BCUT2D eigenvalue weighted by Gasteiger charge is -2.27. The Hall–Kier alpha value is -0.790. The number of carbonyl (C=O) groups is 2. The van der Waals surface area contributed by atoms with Crippen LogP contribution < -0.4 is 0 Å². The molecule has 0 radical (unpaired) electrons. The van der Waals surface area contributed by atoms with E-state index in [9.17, 15) is 24.9 Å². The number of hydrogen-bond donors (Lipinski definition) is 3. The second-order valence-corrected chi connectivity index (χ2v) is 8.15. The zero-order valence-corrected chi connectivity index (χ0v) is 16.3. The highest BCUT2D eigenvalue weighted by Gasteiger charge is 2.28. The third kappa shape index (κ3) is 8.89. The molecule has 0 saturated heterocycles. The van der Waals surface area contributed by atoms with E-state index in [0.29, 0.717) is 12.8 Å². The number of likely N-dealkylation sites (N-methyl/N-ethyl adjacent to an activating group) is 1. The van der Waals surface area contributed by atoms with Crippen molar-refractivity contribution >= 4 is 23.6 Å². The number of carboxylic acids is 1. The monoisotopic (exact) mass is 363 g/mol. The van der Waals surface area contributed by atoms with Crippen LogP contribution in [0, 0.1) is 5.92 Å². The summed E-state index contributed by atoms with van der Waals surface area (Å²) >= 11 is 1.31. The van der Waals surface area contributed by atoms with Gasteiger partial charge in [-0.15, -0.1) is 0 Å². The molecule has 0 aliphatic heterocycles. The van der Waals surface area contributed by atoms with Crippen LogP contribution in [0.3, 0.4) is 0 Å². The minimum Gasteiger partial charge on any atom is -0.480 e. The summed E-state index contributed by atoms with van der Waals surface area (Å²) in [5, 5.41) is 29.1. The van der Waals surface area contributed by atoms with Crippen molar-refractivity contribution in [2.45, 2.75) is 76.9 Å². The number of hydrogen-bond acceptors (Lipinski definition) is 5. The van der Waals surface area contributed by atoms with Gasteiger partial charge in [-0.25, -0.2) is 4.79 Å². The van der Waals surface area contributed by atoms with Gasteiger partial charge >= 0.3 is 5.97 Å². The Labute approximate surface area is 149 Å². The van der Waals surface area contributed by atoms with E-state index in [2.05, 4.69) is 0 Å². The number of thioether (sulfide) groups is 1. The maximum Gasteiger partial charge on any atom is 0.327 e. The molecule has 24 heavy (non-hydrogen) atoms. The van der Waals surface area contributed by atoms with Gasteiger partial charge in [0, 0.05) is 30.9 Å². The van der Waals surface area contributed by atoms with E-state index in [1.54, 1.807) is 0 Å². The SMILES string of the molecule is CCC[C@@H](O)C[C@@H](O)[C@@H](C)SC[C@@H](C(=O)O)N(C)C(=O)CC(C)C. The summed E-state index contributed by atoms with van der Waals surface area (Å²) in [7, 11) is 1.51. The van der Waals surface area contributed by atoms with E-state index in [-0.39, 0.29) is 29.2 Å². The molecular formula is C17H33NO5S. The molecule has 0 spiro atoms. The van der Waals surface area contributed by atoms with Crippen molar-refractivity contribution < 1.29 is 24.9 Å². The number of aliphatic hydroxyl groups excluding tert-OH is 2. The van der Waals surface area contributed by atoms with E-state index < -0.39 is 24.2 Å². The van der Waals surface area contributed by atoms with E-state index in [1.807, 2.05) is 27.7 Å². The third-order valence-corrected chi connectivity index (χ3v) is 5.27. The van der Waals surface area contributed by atoms with Gasteiger partial charge in [-0.2, -0.15) is 11.8 Å². The van der Waals surface area contributed by atoms with Gasteiger partial charge in [0.2, 0.25) is 5.91 Å². The van der Waals surface area contributed by atoms with Crippen molar-refractivity contribution in [3.8, 4) is 0 Å². The first-order valence-corrected chi connectivity index (χ1v) is 9.61. The molecule has 0 fully saturated rings. The first-order valence-electron chi connectivity index (χ1n) is 8.56. The summed E-state index contributed by atoms with van der Waals surface area (Å²) in [6.45, 7) is 7.60. The Kier molecular flexibility index (Phi) is 11.3. The van der Waals surface area contributed by atoms with Gasteiger partial charge in [0.1, 0.15) is 6.04 Å². The molecule has 0 aromatic rings. The molecule has 0 aliphatic carbocycles. The van der Waals surface area contributed by atoms with Crippen molar-refractivity contribution in [1.29, 1.82) is 0 Å². The van der Waals surface area contributed by atoms with Gasteiger partial charge in [0.25, 0.3) is 0 Å². The van der Waals surface area contributed by atoms with Crippen molar-refractivity contribution in [3.63, 3.8) is 0 Å². The lowest BCUT2D eigenvalue weighted by molar-refractivity contribution is -0.148. The summed E-state index contributed by atoms with van der Waals surface area (Å²) in [5.41, 5.74) is 0. The van der Waals surface area contributed by atoms with Crippen LogP contribution in [0.5, 0.6) is 0 Å². The average molecular weight is 364 g/mol. The highest BCUT2D eigenvalue weighted by molar-refractivity contribution is 8.00. The van der Waals surface area contributed by atoms with Gasteiger partial charge in [0.15, 0.2) is 0 Å². The van der Waals surface area contributed by atoms with Crippen LogP contribution in [0.1, 0.15) is 53.4 Å². The van der Waals surface area contributed by atoms with Gasteiger partial charge in [-0.3, -0.25) is 4.79 Å². The van der Waals surface area contributed by atoms with Crippen LogP contribution >= 0.6 is 11.8 Å². The molecule has 0 heterocycles. The second kappa shape index (κ2) is 11.7. The van der Waals surface area contributed by atoms with E-state index in [1.165, 1.54) is 23.7 Å². The first kappa shape index (κ1) is 23.2. The van der Waals surface area contributed by atoms with Gasteiger partial charge in [-0.1, -0.05) is 34.1 Å². The summed E-state index contributed by atoms with van der Waals surface area (Å²) in [6.07, 6.45) is 0.827. The van der Waals surface area contributed by atoms with Crippen molar-refractivity contribution in [3.05, 3.63) is 0 Å². The predicted octanol–water partition coefficient (Wildman–Crippen LogP) is 1.98. The Morgan fingerprint density at radius 3 is 2.21 bits per heavy atom. The number of aliphatic hydroxyl groups is 2. The quantitative estimate of drug-likeness (QED) is 0.490. The molecule has 0 aliphatic rings. The molecule has 0 unspecified atom stereocenters. The molecule has 0 aromatic heterocycles. The maximum absolute atomic E-state index is 12.1. The van der Waals surface area contributed by atoms with Crippen LogP contribution in [0.4, 0.5) is 0 Å². The zero-order chi connectivity index (χ0) is 18.9. The Morgan fingerprint density at radius 1 is 1.17 bits per heavy atom. The molecule has 0 saturated carbocycles. The second-order valence-electron chi connectivity index (χ2n) is 6.74. The number of carbonyl (C=O) groups excluding carboxylic acids is 1. The first-order chi connectivity index (χ1) is 11.1. The topological polar surface area (TPSA) is 98.1 Å². The summed E-state index contributed by atoms with van der Waals surface area (Å²) in [4.78, 5) is 24.8. The molecule has 142 valence electrons. The standard InChI is InChI=1S/C17H33NO5S/c1-6-7-13(19)9-15(20)12(4)24-10-14(17(22)23)18(5)16(21)8-11(2)3/h11-15,19-20H,6-10H2,1-5H3,(H,22,23)/t12-,13-,14+,15-/m1/s1. The Bertz CT molecular complexity index is 391. The molecule has 0 bridgehead atoms. The molecule has 0 rings (SSSR count). The Morgan fingerprint density at radius 2 is 1.75 bits per heavy atom. The van der Waals surface area contributed by atoms with E-state index in [4.69, 9.17) is 0 Å². The zero-order valence-electron chi connectivity index (χ0n) is 15.4. The van der Waals surface area contributed by atoms with Gasteiger partial charge < -0.3 is 20.2 Å². The minimum atomic E-state index is -1.05. The minimum absolute atomic E-state index is 0.169. The number of rotatable bonds is 12. The van der Waals surface area contributed by atoms with Crippen LogP contribution in [0.25, 0.3) is 0 Å². The van der Waals surface area contributed by atoms with E-state index in [0.717, 1.165) is 6.42 Å². The molecule has 1 amide bonds. The highest BCUT2D eigenvalue weighted by Crippen LogP contribution is 2.21. The molecule has 3 N–H and O–H groups in total.